The number of rotatable bonds is 6. The summed E-state index contributed by atoms with van der Waals surface area (Å²) in [6, 6.07) is 66.3. The maximum absolute atomic E-state index is 6.39. The van der Waals surface area contributed by atoms with Gasteiger partial charge in [0.05, 0.1) is 11.0 Å². The Kier molecular flexibility index (Phi) is 6.78. The molecule has 0 unspecified atom stereocenters. The van der Waals surface area contributed by atoms with Gasteiger partial charge in [-0.15, -0.1) is 0 Å². The standard InChI is InChI=1S/C47H31N3O/c1-3-11-32(12-4-1)33-19-24-37(25-20-33)49(38-26-21-35(22-27-38)47-48-43-29-23-34-13-7-8-16-40(34)46(43)51-47)39-28-30-45-42(31-39)41-17-9-10-18-44(41)50(45)36-14-5-2-6-15-36/h1-31H. The summed E-state index contributed by atoms with van der Waals surface area (Å²) < 4.78 is 8.75. The first kappa shape index (κ1) is 29.0. The number of anilines is 3. The second-order valence-corrected chi connectivity index (χ2v) is 12.8. The highest BCUT2D eigenvalue weighted by molar-refractivity contribution is 6.10. The van der Waals surface area contributed by atoms with Gasteiger partial charge in [0.25, 0.3) is 0 Å². The molecule has 10 rings (SSSR count). The number of hydrogen-bond acceptors (Lipinski definition) is 3. The molecule has 240 valence electrons. The molecule has 0 fully saturated rings. The Morgan fingerprint density at radius 2 is 1.02 bits per heavy atom. The van der Waals surface area contributed by atoms with Gasteiger partial charge in [0.15, 0.2) is 5.58 Å². The van der Waals surface area contributed by atoms with E-state index in [2.05, 4.69) is 179 Å². The number of nitrogens with zero attached hydrogens (tertiary/aromatic N) is 3. The van der Waals surface area contributed by atoms with Gasteiger partial charge in [0.1, 0.15) is 5.52 Å². The summed E-state index contributed by atoms with van der Waals surface area (Å²) in [6.07, 6.45) is 0. The summed E-state index contributed by atoms with van der Waals surface area (Å²) in [5.74, 6) is 0.613. The molecule has 4 heteroatoms. The maximum atomic E-state index is 6.39. The van der Waals surface area contributed by atoms with E-state index in [1.165, 1.54) is 32.9 Å². The highest BCUT2D eigenvalue weighted by atomic mass is 16.3. The average Bonchev–Trinajstić information content (AvgIpc) is 3.79. The fraction of sp³-hybridized carbons (Fsp3) is 0. The molecule has 0 N–H and O–H groups in total. The third kappa shape index (κ3) is 4.96. The zero-order valence-electron chi connectivity index (χ0n) is 27.6. The van der Waals surface area contributed by atoms with Crippen LogP contribution in [-0.4, -0.2) is 9.55 Å². The highest BCUT2D eigenvalue weighted by Crippen LogP contribution is 2.41. The van der Waals surface area contributed by atoms with E-state index in [0.717, 1.165) is 50.2 Å². The number of fused-ring (bicyclic) bond motifs is 6. The Labute approximate surface area is 295 Å². The van der Waals surface area contributed by atoms with Crippen LogP contribution in [0.3, 0.4) is 0 Å². The van der Waals surface area contributed by atoms with Crippen LogP contribution in [0.1, 0.15) is 0 Å². The molecule has 0 spiro atoms. The molecule has 2 aromatic heterocycles. The van der Waals surface area contributed by atoms with E-state index in [9.17, 15) is 0 Å². The Bertz CT molecular complexity index is 2830. The van der Waals surface area contributed by atoms with Crippen LogP contribution < -0.4 is 4.90 Å². The molecule has 10 aromatic rings. The van der Waals surface area contributed by atoms with Crippen molar-refractivity contribution in [2.45, 2.75) is 0 Å². The largest absolute Gasteiger partial charge is 0.435 e. The zero-order valence-corrected chi connectivity index (χ0v) is 27.6. The minimum atomic E-state index is 0.613. The lowest BCUT2D eigenvalue weighted by Crippen LogP contribution is -2.10. The average molecular weight is 654 g/mol. The van der Waals surface area contributed by atoms with Crippen molar-refractivity contribution < 1.29 is 4.42 Å². The Morgan fingerprint density at radius 3 is 1.78 bits per heavy atom. The van der Waals surface area contributed by atoms with Gasteiger partial charge < -0.3 is 13.9 Å². The number of benzene rings is 8. The van der Waals surface area contributed by atoms with E-state index in [1.54, 1.807) is 0 Å². The second-order valence-electron chi connectivity index (χ2n) is 12.8. The lowest BCUT2D eigenvalue weighted by molar-refractivity contribution is 0.623. The van der Waals surface area contributed by atoms with Crippen LogP contribution >= 0.6 is 0 Å². The van der Waals surface area contributed by atoms with E-state index in [4.69, 9.17) is 9.40 Å². The van der Waals surface area contributed by atoms with E-state index in [1.807, 2.05) is 18.2 Å². The Hall–Kier alpha value is -6.91. The molecule has 51 heavy (non-hydrogen) atoms. The van der Waals surface area contributed by atoms with Crippen LogP contribution in [0.25, 0.3) is 71.9 Å². The minimum absolute atomic E-state index is 0.613. The van der Waals surface area contributed by atoms with Crippen LogP contribution in [0.15, 0.2) is 192 Å². The van der Waals surface area contributed by atoms with Crippen molar-refractivity contribution in [3.05, 3.63) is 188 Å². The quantitative estimate of drug-likeness (QED) is 0.179. The summed E-state index contributed by atoms with van der Waals surface area (Å²) in [7, 11) is 0. The van der Waals surface area contributed by atoms with E-state index in [0.29, 0.717) is 5.89 Å². The Balaban J connectivity index is 1.11. The Morgan fingerprint density at radius 1 is 0.431 bits per heavy atom. The molecule has 0 aliphatic carbocycles. The smallest absolute Gasteiger partial charge is 0.227 e. The zero-order chi connectivity index (χ0) is 33.7. The van der Waals surface area contributed by atoms with E-state index >= 15 is 0 Å². The van der Waals surface area contributed by atoms with Gasteiger partial charge in [-0.3, -0.25) is 0 Å². The second kappa shape index (κ2) is 11.9. The van der Waals surface area contributed by atoms with Crippen LogP contribution in [0, 0.1) is 0 Å². The molecular weight excluding hydrogens is 623 g/mol. The summed E-state index contributed by atoms with van der Waals surface area (Å²) >= 11 is 0. The van der Waals surface area contributed by atoms with Gasteiger partial charge in [-0.2, -0.15) is 0 Å². The van der Waals surface area contributed by atoms with Gasteiger partial charge in [0, 0.05) is 44.5 Å². The molecule has 0 saturated heterocycles. The molecule has 0 aliphatic heterocycles. The first-order valence-electron chi connectivity index (χ1n) is 17.2. The van der Waals surface area contributed by atoms with E-state index < -0.39 is 0 Å². The fourth-order valence-corrected chi connectivity index (χ4v) is 7.37. The molecule has 0 radical (unpaired) electrons. The third-order valence-corrected chi connectivity index (χ3v) is 9.81. The van der Waals surface area contributed by atoms with Crippen molar-refractivity contribution in [1.82, 2.24) is 9.55 Å². The third-order valence-electron chi connectivity index (χ3n) is 9.81. The molecule has 8 aromatic carbocycles. The molecule has 2 heterocycles. The van der Waals surface area contributed by atoms with Gasteiger partial charge in [-0.05, 0) is 95.4 Å². The lowest BCUT2D eigenvalue weighted by Gasteiger charge is -2.26. The lowest BCUT2D eigenvalue weighted by atomic mass is 10.0. The van der Waals surface area contributed by atoms with Gasteiger partial charge in [-0.25, -0.2) is 4.98 Å². The van der Waals surface area contributed by atoms with E-state index in [-0.39, 0.29) is 0 Å². The van der Waals surface area contributed by atoms with Crippen LogP contribution in [0.5, 0.6) is 0 Å². The summed E-state index contributed by atoms with van der Waals surface area (Å²) in [6.45, 7) is 0. The van der Waals surface area contributed by atoms with Crippen LogP contribution in [0.4, 0.5) is 17.1 Å². The van der Waals surface area contributed by atoms with Crippen molar-refractivity contribution in [3.63, 3.8) is 0 Å². The molecule has 0 bridgehead atoms. The maximum Gasteiger partial charge on any atom is 0.227 e. The fourth-order valence-electron chi connectivity index (χ4n) is 7.37. The number of oxazole rings is 1. The summed E-state index contributed by atoms with van der Waals surface area (Å²) in [5.41, 5.74) is 11.7. The first-order valence-corrected chi connectivity index (χ1v) is 17.2. The van der Waals surface area contributed by atoms with Crippen LogP contribution in [-0.2, 0) is 0 Å². The van der Waals surface area contributed by atoms with Gasteiger partial charge >= 0.3 is 0 Å². The predicted octanol–water partition coefficient (Wildman–Crippen LogP) is 12.9. The van der Waals surface area contributed by atoms with Crippen molar-refractivity contribution >= 4 is 60.7 Å². The van der Waals surface area contributed by atoms with Gasteiger partial charge in [-0.1, -0.05) is 109 Å². The normalized spacial score (nSPS) is 11.5. The molecule has 0 atom stereocenters. The van der Waals surface area contributed by atoms with Gasteiger partial charge in [0.2, 0.25) is 5.89 Å². The number of hydrogen-bond donors (Lipinski definition) is 0. The first-order chi connectivity index (χ1) is 25.3. The molecule has 0 aliphatic rings. The highest BCUT2D eigenvalue weighted by Gasteiger charge is 2.18. The van der Waals surface area contributed by atoms with Crippen LogP contribution in [0.2, 0.25) is 0 Å². The monoisotopic (exact) mass is 653 g/mol. The van der Waals surface area contributed by atoms with Crippen molar-refractivity contribution in [2.75, 3.05) is 4.90 Å². The van der Waals surface area contributed by atoms with Crippen molar-refractivity contribution in [1.29, 1.82) is 0 Å². The number of para-hydroxylation sites is 2. The SMILES string of the molecule is c1ccc(-c2ccc(N(c3ccc(-c4nc5ccc6ccccc6c5o4)cc3)c3ccc4c(c3)c3ccccc3n4-c3ccccc3)cc2)cc1. The minimum Gasteiger partial charge on any atom is -0.435 e. The topological polar surface area (TPSA) is 34.2 Å². The molecule has 0 saturated carbocycles. The summed E-state index contributed by atoms with van der Waals surface area (Å²) in [5, 5.41) is 4.63. The molecule has 0 amide bonds. The predicted molar refractivity (Wildman–Crippen MR) is 211 cm³/mol. The van der Waals surface area contributed by atoms with Crippen molar-refractivity contribution in [3.8, 4) is 28.3 Å². The molecular formula is C47H31N3O. The summed E-state index contributed by atoms with van der Waals surface area (Å²) in [4.78, 5) is 7.20. The molecule has 4 nitrogen and oxygen atoms in total. The van der Waals surface area contributed by atoms with Crippen molar-refractivity contribution in [2.24, 2.45) is 0 Å². The number of aromatic nitrogens is 2.